The fourth-order valence-corrected chi connectivity index (χ4v) is 2.96. The van der Waals surface area contributed by atoms with E-state index in [1.807, 2.05) is 39.8 Å². The van der Waals surface area contributed by atoms with Crippen molar-refractivity contribution < 1.29 is 4.79 Å². The largest absolute Gasteiger partial charge is 0.369 e. The molecule has 1 aromatic carbocycles. The summed E-state index contributed by atoms with van der Waals surface area (Å²) in [6, 6.07) is 3.58. The van der Waals surface area contributed by atoms with Crippen LogP contribution < -0.4 is 0 Å². The molecule has 0 aromatic heterocycles. The molecule has 0 N–H and O–H groups in total. The molecule has 6 heteroatoms. The molecule has 1 aliphatic heterocycles. The smallest absolute Gasteiger partial charge is 0.232 e. The Balaban J connectivity index is 2.24. The maximum atomic E-state index is 12.3. The summed E-state index contributed by atoms with van der Waals surface area (Å²) in [4.78, 5) is 20.3. The molecule has 0 bridgehead atoms. The van der Waals surface area contributed by atoms with E-state index in [9.17, 15) is 4.79 Å². The van der Waals surface area contributed by atoms with E-state index >= 15 is 0 Å². The molecular weight excluding hydrogens is 321 g/mol. The summed E-state index contributed by atoms with van der Waals surface area (Å²) in [6.45, 7) is 6.77. The lowest BCUT2D eigenvalue weighted by Crippen LogP contribution is -2.59. The standard InChI is InChI=1S/C16H21Cl2N3O/c1-16(2,3)21-8-11(15(21)22)10-6-12(17)14(13(18)7-10)19-9-20(4)5/h6-7,9,11H,8H2,1-5H3. The number of hydrogen-bond acceptors (Lipinski definition) is 2. The molecular formula is C16H21Cl2N3O. The average molecular weight is 342 g/mol. The topological polar surface area (TPSA) is 35.9 Å². The van der Waals surface area contributed by atoms with Gasteiger partial charge in [-0.2, -0.15) is 0 Å². The van der Waals surface area contributed by atoms with Gasteiger partial charge in [0.2, 0.25) is 5.91 Å². The molecule has 2 rings (SSSR count). The van der Waals surface area contributed by atoms with Crippen molar-refractivity contribution in [2.45, 2.75) is 32.2 Å². The van der Waals surface area contributed by atoms with Crippen molar-refractivity contribution in [3.8, 4) is 0 Å². The Morgan fingerprint density at radius 3 is 2.23 bits per heavy atom. The second kappa shape index (κ2) is 6.09. The van der Waals surface area contributed by atoms with Crippen LogP contribution in [0.5, 0.6) is 0 Å². The number of halogens is 2. The molecule has 0 radical (unpaired) electrons. The van der Waals surface area contributed by atoms with Crippen LogP contribution in [0.15, 0.2) is 17.1 Å². The summed E-state index contributed by atoms with van der Waals surface area (Å²) >= 11 is 12.6. The second-order valence-electron chi connectivity index (χ2n) is 6.71. The van der Waals surface area contributed by atoms with Gasteiger partial charge in [0.15, 0.2) is 0 Å². The van der Waals surface area contributed by atoms with Gasteiger partial charge in [0.05, 0.1) is 22.3 Å². The van der Waals surface area contributed by atoms with E-state index in [2.05, 4.69) is 4.99 Å². The number of nitrogens with zero attached hydrogens (tertiary/aromatic N) is 3. The van der Waals surface area contributed by atoms with E-state index in [0.717, 1.165) is 5.56 Å². The lowest BCUT2D eigenvalue weighted by atomic mass is 9.86. The molecule has 0 saturated carbocycles. The van der Waals surface area contributed by atoms with Gasteiger partial charge < -0.3 is 9.80 Å². The maximum Gasteiger partial charge on any atom is 0.232 e. The fourth-order valence-electron chi connectivity index (χ4n) is 2.36. The summed E-state index contributed by atoms with van der Waals surface area (Å²) < 4.78 is 0. The minimum atomic E-state index is -0.166. The van der Waals surface area contributed by atoms with Crippen LogP contribution in [0.25, 0.3) is 0 Å². The molecule has 1 aliphatic rings. The first kappa shape index (κ1) is 17.1. The SMILES string of the molecule is CN(C)C=Nc1c(Cl)cc(C2CN(C(C)(C)C)C2=O)cc1Cl. The van der Waals surface area contributed by atoms with Crippen LogP contribution in [-0.4, -0.2) is 48.2 Å². The van der Waals surface area contributed by atoms with Crippen molar-refractivity contribution in [1.29, 1.82) is 0 Å². The van der Waals surface area contributed by atoms with Crippen LogP contribution in [0.3, 0.4) is 0 Å². The molecule has 1 unspecified atom stereocenters. The Kier molecular flexibility index (Phi) is 4.73. The van der Waals surface area contributed by atoms with Crippen LogP contribution in [0.1, 0.15) is 32.3 Å². The van der Waals surface area contributed by atoms with Gasteiger partial charge in [0, 0.05) is 26.2 Å². The van der Waals surface area contributed by atoms with Crippen LogP contribution in [0.4, 0.5) is 5.69 Å². The number of aliphatic imine (C=N–C) groups is 1. The zero-order valence-corrected chi connectivity index (χ0v) is 15.0. The average Bonchev–Trinajstić information content (AvgIpc) is 2.33. The molecule has 1 amide bonds. The highest BCUT2D eigenvalue weighted by Crippen LogP contribution is 2.40. The highest BCUT2D eigenvalue weighted by molar-refractivity contribution is 6.39. The molecule has 0 aliphatic carbocycles. The van der Waals surface area contributed by atoms with E-state index < -0.39 is 0 Å². The van der Waals surface area contributed by atoms with E-state index in [-0.39, 0.29) is 17.4 Å². The number of carbonyl (C=O) groups is 1. The Hall–Kier alpha value is -1.26. The van der Waals surface area contributed by atoms with Crippen molar-refractivity contribution >= 4 is 41.1 Å². The van der Waals surface area contributed by atoms with Crippen LogP contribution in [0.2, 0.25) is 10.0 Å². The number of carbonyl (C=O) groups excluding carboxylic acids is 1. The van der Waals surface area contributed by atoms with Crippen molar-refractivity contribution in [3.63, 3.8) is 0 Å². The lowest BCUT2D eigenvalue weighted by molar-refractivity contribution is -0.149. The van der Waals surface area contributed by atoms with Crippen molar-refractivity contribution in [2.75, 3.05) is 20.6 Å². The lowest BCUT2D eigenvalue weighted by Gasteiger charge is -2.47. The molecule has 1 aromatic rings. The zero-order valence-electron chi connectivity index (χ0n) is 13.5. The monoisotopic (exact) mass is 341 g/mol. The maximum absolute atomic E-state index is 12.3. The molecule has 120 valence electrons. The number of amides is 1. The second-order valence-corrected chi connectivity index (χ2v) is 7.53. The predicted molar refractivity (Wildman–Crippen MR) is 92.5 cm³/mol. The van der Waals surface area contributed by atoms with Crippen molar-refractivity contribution in [2.24, 2.45) is 4.99 Å². The van der Waals surface area contributed by atoms with E-state index in [1.54, 1.807) is 23.4 Å². The number of hydrogen-bond donors (Lipinski definition) is 0. The van der Waals surface area contributed by atoms with Gasteiger partial charge in [-0.3, -0.25) is 4.79 Å². The molecule has 1 atom stereocenters. The Labute approximate surface area is 141 Å². The third-order valence-electron chi connectivity index (χ3n) is 3.60. The first-order valence-electron chi connectivity index (χ1n) is 7.12. The summed E-state index contributed by atoms with van der Waals surface area (Å²) in [5.41, 5.74) is 1.22. The quantitative estimate of drug-likeness (QED) is 0.474. The van der Waals surface area contributed by atoms with E-state index in [4.69, 9.17) is 23.2 Å². The van der Waals surface area contributed by atoms with E-state index in [1.165, 1.54) is 0 Å². The van der Waals surface area contributed by atoms with E-state index in [0.29, 0.717) is 22.3 Å². The highest BCUT2D eigenvalue weighted by Gasteiger charge is 2.43. The molecule has 1 fully saturated rings. The first-order chi connectivity index (χ1) is 10.1. The van der Waals surface area contributed by atoms with Crippen LogP contribution in [0, 0.1) is 0 Å². The summed E-state index contributed by atoms with van der Waals surface area (Å²) in [6.07, 6.45) is 1.64. The van der Waals surface area contributed by atoms with Crippen molar-refractivity contribution in [1.82, 2.24) is 9.80 Å². The minimum Gasteiger partial charge on any atom is -0.369 e. The number of rotatable bonds is 3. The van der Waals surface area contributed by atoms with Gasteiger partial charge in [-0.15, -0.1) is 0 Å². The molecule has 1 heterocycles. The molecule has 22 heavy (non-hydrogen) atoms. The highest BCUT2D eigenvalue weighted by atomic mass is 35.5. The molecule has 0 spiro atoms. The molecule has 4 nitrogen and oxygen atoms in total. The van der Waals surface area contributed by atoms with Gasteiger partial charge in [-0.1, -0.05) is 23.2 Å². The third kappa shape index (κ3) is 3.39. The number of likely N-dealkylation sites (tertiary alicyclic amines) is 1. The molecule has 1 saturated heterocycles. The number of β-lactam (4-membered cyclic amide) rings is 1. The van der Waals surface area contributed by atoms with Crippen LogP contribution >= 0.6 is 23.2 Å². The summed E-state index contributed by atoms with van der Waals surface area (Å²) in [5, 5.41) is 0.921. The fraction of sp³-hybridized carbons (Fsp3) is 0.500. The van der Waals surface area contributed by atoms with Gasteiger partial charge in [-0.05, 0) is 38.5 Å². The van der Waals surface area contributed by atoms with Gasteiger partial charge in [-0.25, -0.2) is 4.99 Å². The Morgan fingerprint density at radius 1 is 1.27 bits per heavy atom. The summed E-state index contributed by atoms with van der Waals surface area (Å²) in [7, 11) is 3.74. The summed E-state index contributed by atoms with van der Waals surface area (Å²) in [5.74, 6) is -0.0507. The van der Waals surface area contributed by atoms with Crippen LogP contribution in [-0.2, 0) is 4.79 Å². The zero-order chi connectivity index (χ0) is 16.7. The van der Waals surface area contributed by atoms with Gasteiger partial charge in [0.1, 0.15) is 5.69 Å². The number of benzene rings is 1. The normalized spacial score (nSPS) is 18.8. The minimum absolute atomic E-state index is 0.115. The Bertz CT molecular complexity index is 597. The van der Waals surface area contributed by atoms with Crippen molar-refractivity contribution in [3.05, 3.63) is 27.7 Å². The van der Waals surface area contributed by atoms with Gasteiger partial charge >= 0.3 is 0 Å². The van der Waals surface area contributed by atoms with Gasteiger partial charge in [0.25, 0.3) is 0 Å². The first-order valence-corrected chi connectivity index (χ1v) is 7.88. The Morgan fingerprint density at radius 2 is 1.82 bits per heavy atom. The predicted octanol–water partition coefficient (Wildman–Crippen LogP) is 3.94. The third-order valence-corrected chi connectivity index (χ3v) is 4.17.